The lowest BCUT2D eigenvalue weighted by Crippen LogP contribution is -2.55. The summed E-state index contributed by atoms with van der Waals surface area (Å²) in [7, 11) is 0. The van der Waals surface area contributed by atoms with Crippen LogP contribution in [0.5, 0.6) is 0 Å². The van der Waals surface area contributed by atoms with E-state index in [1.807, 2.05) is 19.9 Å². The SMILES string of the molecule is Cc1cc(CN2CCN(C(C)C(=O)NC3CCC(C)CC3)CC2)on1. The Kier molecular flexibility index (Phi) is 6.12. The number of piperazine rings is 1. The van der Waals surface area contributed by atoms with Crippen LogP contribution in [0.25, 0.3) is 0 Å². The van der Waals surface area contributed by atoms with Crippen LogP contribution >= 0.6 is 0 Å². The van der Waals surface area contributed by atoms with Gasteiger partial charge in [0.2, 0.25) is 5.91 Å². The zero-order chi connectivity index (χ0) is 17.8. The molecule has 1 aromatic heterocycles. The van der Waals surface area contributed by atoms with E-state index >= 15 is 0 Å². The van der Waals surface area contributed by atoms with Crippen LogP contribution in [0.3, 0.4) is 0 Å². The second-order valence-electron chi connectivity index (χ2n) is 7.89. The van der Waals surface area contributed by atoms with Gasteiger partial charge < -0.3 is 9.84 Å². The Morgan fingerprint density at radius 1 is 1.28 bits per heavy atom. The van der Waals surface area contributed by atoms with Crippen molar-refractivity contribution in [1.29, 1.82) is 0 Å². The van der Waals surface area contributed by atoms with Crippen molar-refractivity contribution >= 4 is 5.91 Å². The minimum atomic E-state index is -0.0472. The lowest BCUT2D eigenvalue weighted by molar-refractivity contribution is -0.127. The van der Waals surface area contributed by atoms with Gasteiger partial charge in [-0.25, -0.2) is 0 Å². The van der Waals surface area contributed by atoms with Crippen molar-refractivity contribution in [1.82, 2.24) is 20.3 Å². The fraction of sp³-hybridized carbons (Fsp3) is 0.789. The number of amides is 1. The maximum atomic E-state index is 12.6. The van der Waals surface area contributed by atoms with E-state index in [1.54, 1.807) is 0 Å². The van der Waals surface area contributed by atoms with Crippen molar-refractivity contribution in [2.45, 2.75) is 65.1 Å². The summed E-state index contributed by atoms with van der Waals surface area (Å²) in [5, 5.41) is 7.22. The van der Waals surface area contributed by atoms with E-state index in [-0.39, 0.29) is 11.9 Å². The Bertz CT molecular complexity index is 558. The number of aromatic nitrogens is 1. The molecule has 0 spiro atoms. The van der Waals surface area contributed by atoms with Gasteiger partial charge in [-0.2, -0.15) is 0 Å². The first-order valence-corrected chi connectivity index (χ1v) is 9.70. The summed E-state index contributed by atoms with van der Waals surface area (Å²) >= 11 is 0. The lowest BCUT2D eigenvalue weighted by atomic mass is 9.87. The number of carbonyl (C=O) groups is 1. The fourth-order valence-electron chi connectivity index (χ4n) is 3.91. The molecule has 2 fully saturated rings. The van der Waals surface area contributed by atoms with Crippen LogP contribution in [0, 0.1) is 12.8 Å². The molecule has 140 valence electrons. The Balaban J connectivity index is 1.41. The van der Waals surface area contributed by atoms with Crippen LogP contribution in [-0.2, 0) is 11.3 Å². The van der Waals surface area contributed by atoms with E-state index in [4.69, 9.17) is 4.52 Å². The quantitative estimate of drug-likeness (QED) is 0.884. The van der Waals surface area contributed by atoms with E-state index in [0.717, 1.165) is 62.9 Å². The van der Waals surface area contributed by atoms with Gasteiger partial charge in [-0.3, -0.25) is 14.6 Å². The van der Waals surface area contributed by atoms with Gasteiger partial charge in [0.15, 0.2) is 5.76 Å². The van der Waals surface area contributed by atoms with Gasteiger partial charge in [0, 0.05) is 38.3 Å². The zero-order valence-corrected chi connectivity index (χ0v) is 15.8. The summed E-state index contributed by atoms with van der Waals surface area (Å²) in [6.07, 6.45) is 4.73. The predicted molar refractivity (Wildman–Crippen MR) is 97.1 cm³/mol. The van der Waals surface area contributed by atoms with Gasteiger partial charge in [-0.1, -0.05) is 12.1 Å². The van der Waals surface area contributed by atoms with Gasteiger partial charge in [0.25, 0.3) is 0 Å². The maximum Gasteiger partial charge on any atom is 0.237 e. The number of hydrogen-bond acceptors (Lipinski definition) is 5. The van der Waals surface area contributed by atoms with Crippen molar-refractivity contribution in [2.75, 3.05) is 26.2 Å². The van der Waals surface area contributed by atoms with Gasteiger partial charge >= 0.3 is 0 Å². The molecule has 1 aromatic rings. The Hall–Kier alpha value is -1.40. The van der Waals surface area contributed by atoms with Crippen LogP contribution in [-0.4, -0.2) is 59.1 Å². The molecule has 1 unspecified atom stereocenters. The molecule has 1 saturated carbocycles. The third kappa shape index (κ3) is 5.05. The third-order valence-corrected chi connectivity index (χ3v) is 5.75. The molecule has 2 aliphatic rings. The minimum absolute atomic E-state index is 0.0472. The average molecular weight is 348 g/mol. The summed E-state index contributed by atoms with van der Waals surface area (Å²) in [4.78, 5) is 17.2. The van der Waals surface area contributed by atoms with Crippen molar-refractivity contribution in [3.05, 3.63) is 17.5 Å². The summed E-state index contributed by atoms with van der Waals surface area (Å²) in [6, 6.07) is 2.32. The number of aryl methyl sites for hydroxylation is 1. The number of nitrogens with one attached hydrogen (secondary N) is 1. The molecule has 1 atom stereocenters. The molecule has 1 aliphatic heterocycles. The Morgan fingerprint density at radius 2 is 1.96 bits per heavy atom. The van der Waals surface area contributed by atoms with Gasteiger partial charge in [0.05, 0.1) is 18.3 Å². The van der Waals surface area contributed by atoms with Crippen LogP contribution in [0.15, 0.2) is 10.6 Å². The zero-order valence-electron chi connectivity index (χ0n) is 15.8. The van der Waals surface area contributed by atoms with Crippen LogP contribution in [0.4, 0.5) is 0 Å². The van der Waals surface area contributed by atoms with E-state index in [0.29, 0.717) is 6.04 Å². The maximum absolute atomic E-state index is 12.6. The molecule has 2 heterocycles. The molecule has 0 radical (unpaired) electrons. The summed E-state index contributed by atoms with van der Waals surface area (Å²) in [5.74, 6) is 1.92. The van der Waals surface area contributed by atoms with E-state index < -0.39 is 0 Å². The molecule has 0 bridgehead atoms. The average Bonchev–Trinajstić information content (AvgIpc) is 3.02. The number of nitrogens with zero attached hydrogens (tertiary/aromatic N) is 3. The molecule has 6 heteroatoms. The molecule has 1 aliphatic carbocycles. The molecule has 25 heavy (non-hydrogen) atoms. The summed E-state index contributed by atoms with van der Waals surface area (Å²) in [5.41, 5.74) is 0.927. The van der Waals surface area contributed by atoms with E-state index in [1.165, 1.54) is 12.8 Å². The molecule has 1 N–H and O–H groups in total. The van der Waals surface area contributed by atoms with Crippen molar-refractivity contribution < 1.29 is 9.32 Å². The minimum Gasteiger partial charge on any atom is -0.360 e. The first-order valence-electron chi connectivity index (χ1n) is 9.70. The molecular formula is C19H32N4O2. The van der Waals surface area contributed by atoms with Gasteiger partial charge in [-0.05, 0) is 45.4 Å². The van der Waals surface area contributed by atoms with Crippen LogP contribution in [0.1, 0.15) is 51.0 Å². The van der Waals surface area contributed by atoms with Crippen molar-refractivity contribution in [3.8, 4) is 0 Å². The second-order valence-corrected chi connectivity index (χ2v) is 7.89. The van der Waals surface area contributed by atoms with Gasteiger partial charge in [0.1, 0.15) is 0 Å². The standard InChI is InChI=1S/C19H32N4O2/c1-14-4-6-17(7-5-14)20-19(24)16(3)23-10-8-22(9-11-23)13-18-12-15(2)21-25-18/h12,14,16-17H,4-11,13H2,1-3H3,(H,20,24). The number of hydrogen-bond donors (Lipinski definition) is 1. The highest BCUT2D eigenvalue weighted by Crippen LogP contribution is 2.23. The largest absolute Gasteiger partial charge is 0.360 e. The molecule has 1 amide bonds. The molecule has 6 nitrogen and oxygen atoms in total. The van der Waals surface area contributed by atoms with Crippen LogP contribution < -0.4 is 5.32 Å². The monoisotopic (exact) mass is 348 g/mol. The molecule has 0 aromatic carbocycles. The Morgan fingerprint density at radius 3 is 2.56 bits per heavy atom. The van der Waals surface area contributed by atoms with Crippen molar-refractivity contribution in [2.24, 2.45) is 5.92 Å². The molecule has 3 rings (SSSR count). The van der Waals surface area contributed by atoms with Crippen LogP contribution in [0.2, 0.25) is 0 Å². The summed E-state index contributed by atoms with van der Waals surface area (Å²) < 4.78 is 5.30. The normalized spacial score (nSPS) is 27.2. The highest BCUT2D eigenvalue weighted by Gasteiger charge is 2.28. The highest BCUT2D eigenvalue weighted by atomic mass is 16.5. The predicted octanol–water partition coefficient (Wildman–Crippen LogP) is 2.18. The number of carbonyl (C=O) groups excluding carboxylic acids is 1. The second kappa shape index (κ2) is 8.32. The third-order valence-electron chi connectivity index (χ3n) is 5.75. The first kappa shape index (κ1) is 18.4. The highest BCUT2D eigenvalue weighted by molar-refractivity contribution is 5.81. The van der Waals surface area contributed by atoms with E-state index in [2.05, 4.69) is 27.2 Å². The first-order chi connectivity index (χ1) is 12.0. The van der Waals surface area contributed by atoms with E-state index in [9.17, 15) is 4.79 Å². The molecule has 1 saturated heterocycles. The Labute approximate surface area is 150 Å². The lowest BCUT2D eigenvalue weighted by Gasteiger charge is -2.37. The van der Waals surface area contributed by atoms with Gasteiger partial charge in [-0.15, -0.1) is 0 Å². The number of rotatable bonds is 5. The summed E-state index contributed by atoms with van der Waals surface area (Å²) in [6.45, 7) is 10.8. The fourth-order valence-corrected chi connectivity index (χ4v) is 3.91. The molecular weight excluding hydrogens is 316 g/mol. The van der Waals surface area contributed by atoms with Crippen molar-refractivity contribution in [3.63, 3.8) is 0 Å². The smallest absolute Gasteiger partial charge is 0.237 e. The topological polar surface area (TPSA) is 61.6 Å².